The van der Waals surface area contributed by atoms with Crippen molar-refractivity contribution in [3.05, 3.63) is 52.1 Å². The topological polar surface area (TPSA) is 71.8 Å². The summed E-state index contributed by atoms with van der Waals surface area (Å²) in [5.41, 5.74) is 9.37. The van der Waals surface area contributed by atoms with E-state index in [1.165, 1.54) is 17.8 Å². The first-order valence-electron chi connectivity index (χ1n) is 7.25. The summed E-state index contributed by atoms with van der Waals surface area (Å²) in [7, 11) is 0. The zero-order valence-corrected chi connectivity index (χ0v) is 12.5. The third kappa shape index (κ3) is 2.95. The molecule has 3 N–H and O–H groups in total. The van der Waals surface area contributed by atoms with Crippen molar-refractivity contribution in [3.8, 4) is 0 Å². The van der Waals surface area contributed by atoms with Crippen molar-refractivity contribution < 1.29 is 4.79 Å². The summed E-state index contributed by atoms with van der Waals surface area (Å²) in [4.78, 5) is 19.2. The molecular weight excluding hydrogens is 286 g/mol. The van der Waals surface area contributed by atoms with Crippen molar-refractivity contribution in [1.82, 2.24) is 9.97 Å². The van der Waals surface area contributed by atoms with Gasteiger partial charge in [0.2, 0.25) is 5.91 Å². The summed E-state index contributed by atoms with van der Waals surface area (Å²) in [6, 6.07) is 5.26. The van der Waals surface area contributed by atoms with E-state index in [4.69, 9.17) is 17.3 Å². The van der Waals surface area contributed by atoms with E-state index in [1.54, 1.807) is 18.5 Å². The Morgan fingerprint density at radius 3 is 3.14 bits per heavy atom. The van der Waals surface area contributed by atoms with Crippen molar-refractivity contribution in [2.45, 2.75) is 38.0 Å². The molecule has 1 aliphatic carbocycles. The molecule has 0 saturated heterocycles. The first-order chi connectivity index (χ1) is 10.1. The van der Waals surface area contributed by atoms with Crippen LogP contribution in [0.15, 0.2) is 24.5 Å². The lowest BCUT2D eigenvalue weighted by atomic mass is 9.85. The molecule has 0 saturated carbocycles. The minimum atomic E-state index is -0.397. The number of nitrogens with zero attached hydrogens (tertiary/aromatic N) is 1. The molecule has 21 heavy (non-hydrogen) atoms. The Bertz CT molecular complexity index is 665. The van der Waals surface area contributed by atoms with E-state index in [1.807, 2.05) is 6.07 Å². The third-order valence-corrected chi connectivity index (χ3v) is 4.45. The van der Waals surface area contributed by atoms with E-state index >= 15 is 0 Å². The number of H-pyrrole nitrogens is 1. The molecule has 5 heteroatoms. The van der Waals surface area contributed by atoms with E-state index in [0.717, 1.165) is 31.2 Å². The highest BCUT2D eigenvalue weighted by Gasteiger charge is 2.23. The maximum absolute atomic E-state index is 11.5. The number of carbonyl (C=O) groups is 1. The molecule has 1 atom stereocenters. The highest BCUT2D eigenvalue weighted by Crippen LogP contribution is 2.33. The number of rotatable bonds is 4. The Morgan fingerprint density at radius 2 is 2.33 bits per heavy atom. The number of carbonyl (C=O) groups excluding carboxylic acids is 1. The first kappa shape index (κ1) is 14.1. The van der Waals surface area contributed by atoms with Crippen molar-refractivity contribution in [2.24, 2.45) is 5.73 Å². The van der Waals surface area contributed by atoms with Crippen LogP contribution in [0.1, 0.15) is 52.5 Å². The van der Waals surface area contributed by atoms with Crippen LogP contribution >= 0.6 is 11.6 Å². The predicted octanol–water partition coefficient (Wildman–Crippen LogP) is 3.21. The van der Waals surface area contributed by atoms with Crippen molar-refractivity contribution in [3.63, 3.8) is 0 Å². The van der Waals surface area contributed by atoms with Crippen LogP contribution in [0.3, 0.4) is 0 Å². The number of nitrogens with two attached hydrogens (primary N) is 1. The fraction of sp³-hybridized carbons (Fsp3) is 0.375. The summed E-state index contributed by atoms with van der Waals surface area (Å²) < 4.78 is 0. The molecule has 1 aliphatic rings. The van der Waals surface area contributed by atoms with Gasteiger partial charge in [-0.3, -0.25) is 4.79 Å². The fourth-order valence-electron chi connectivity index (χ4n) is 3.17. The number of nitrogens with one attached hydrogen (secondary N) is 1. The van der Waals surface area contributed by atoms with Crippen LogP contribution in [0.25, 0.3) is 0 Å². The number of primary amides is 1. The molecule has 4 nitrogen and oxygen atoms in total. The average Bonchev–Trinajstić information content (AvgIpc) is 2.93. The second kappa shape index (κ2) is 5.90. The number of aromatic amines is 1. The van der Waals surface area contributed by atoms with Gasteiger partial charge in [-0.2, -0.15) is 0 Å². The molecule has 1 heterocycles. The molecule has 0 aliphatic heterocycles. The SMILES string of the molecule is NC(=O)c1ccc(Cl)cc1CCC1CCCc2[nH]cnc21. The number of amides is 1. The van der Waals surface area contributed by atoms with E-state index < -0.39 is 5.91 Å². The zero-order valence-electron chi connectivity index (χ0n) is 11.7. The number of fused-ring (bicyclic) bond motifs is 1. The van der Waals surface area contributed by atoms with Crippen LogP contribution in [0.4, 0.5) is 0 Å². The molecule has 0 spiro atoms. The van der Waals surface area contributed by atoms with Crippen molar-refractivity contribution >= 4 is 17.5 Å². The van der Waals surface area contributed by atoms with E-state index in [-0.39, 0.29) is 0 Å². The maximum atomic E-state index is 11.5. The lowest BCUT2D eigenvalue weighted by Gasteiger charge is -2.21. The Labute approximate surface area is 128 Å². The standard InChI is InChI=1S/C16H18ClN3O/c17-12-6-7-13(16(18)21)11(8-12)5-4-10-2-1-3-14-15(10)20-9-19-14/h6-10H,1-5H2,(H2,18,21)(H,19,20). The Balaban J connectivity index is 1.77. The molecule has 1 aromatic carbocycles. The highest BCUT2D eigenvalue weighted by atomic mass is 35.5. The van der Waals surface area contributed by atoms with E-state index in [0.29, 0.717) is 16.5 Å². The predicted molar refractivity (Wildman–Crippen MR) is 82.6 cm³/mol. The molecule has 0 radical (unpaired) electrons. The Hall–Kier alpha value is -1.81. The molecular formula is C16H18ClN3O. The van der Waals surface area contributed by atoms with Gasteiger partial charge in [0, 0.05) is 22.2 Å². The monoisotopic (exact) mass is 303 g/mol. The van der Waals surface area contributed by atoms with Gasteiger partial charge in [0.25, 0.3) is 0 Å². The number of imidazole rings is 1. The summed E-state index contributed by atoms with van der Waals surface area (Å²) >= 11 is 6.04. The highest BCUT2D eigenvalue weighted by molar-refractivity contribution is 6.30. The molecule has 2 aromatic rings. The van der Waals surface area contributed by atoms with Crippen LogP contribution in [-0.2, 0) is 12.8 Å². The van der Waals surface area contributed by atoms with Gasteiger partial charge in [-0.25, -0.2) is 4.98 Å². The summed E-state index contributed by atoms with van der Waals surface area (Å²) in [5, 5.41) is 0.638. The summed E-state index contributed by atoms with van der Waals surface area (Å²) in [6.07, 6.45) is 6.92. The lowest BCUT2D eigenvalue weighted by molar-refractivity contribution is 0.0999. The number of benzene rings is 1. The van der Waals surface area contributed by atoms with Gasteiger partial charge < -0.3 is 10.7 Å². The van der Waals surface area contributed by atoms with Gasteiger partial charge in [-0.05, 0) is 55.9 Å². The van der Waals surface area contributed by atoms with Gasteiger partial charge >= 0.3 is 0 Å². The van der Waals surface area contributed by atoms with Gasteiger partial charge in [0.1, 0.15) is 0 Å². The lowest BCUT2D eigenvalue weighted by Crippen LogP contribution is -2.15. The Morgan fingerprint density at radius 1 is 1.48 bits per heavy atom. The first-order valence-corrected chi connectivity index (χ1v) is 7.63. The van der Waals surface area contributed by atoms with Crippen LogP contribution in [0, 0.1) is 0 Å². The normalized spacial score (nSPS) is 17.5. The largest absolute Gasteiger partial charge is 0.366 e. The smallest absolute Gasteiger partial charge is 0.248 e. The number of aryl methyl sites for hydroxylation is 2. The minimum Gasteiger partial charge on any atom is -0.366 e. The van der Waals surface area contributed by atoms with Gasteiger partial charge in [0.15, 0.2) is 0 Å². The number of aromatic nitrogens is 2. The second-order valence-electron chi connectivity index (χ2n) is 5.56. The summed E-state index contributed by atoms with van der Waals surface area (Å²) in [6.45, 7) is 0. The molecule has 110 valence electrons. The van der Waals surface area contributed by atoms with Crippen molar-refractivity contribution in [2.75, 3.05) is 0 Å². The van der Waals surface area contributed by atoms with Crippen molar-refractivity contribution in [1.29, 1.82) is 0 Å². The van der Waals surface area contributed by atoms with Gasteiger partial charge in [0.05, 0.1) is 12.0 Å². The number of hydrogen-bond donors (Lipinski definition) is 2. The summed E-state index contributed by atoms with van der Waals surface area (Å²) in [5.74, 6) is 0.0467. The van der Waals surface area contributed by atoms with Gasteiger partial charge in [-0.15, -0.1) is 0 Å². The molecule has 3 rings (SSSR count). The molecule has 0 fully saturated rings. The molecule has 0 bridgehead atoms. The van der Waals surface area contributed by atoms with Crippen LogP contribution in [0.2, 0.25) is 5.02 Å². The number of hydrogen-bond acceptors (Lipinski definition) is 2. The quantitative estimate of drug-likeness (QED) is 0.910. The molecule has 1 aromatic heterocycles. The van der Waals surface area contributed by atoms with Crippen LogP contribution < -0.4 is 5.73 Å². The molecule has 1 amide bonds. The van der Waals surface area contributed by atoms with Crippen LogP contribution in [-0.4, -0.2) is 15.9 Å². The number of halogens is 1. The van der Waals surface area contributed by atoms with Crippen LogP contribution in [0.5, 0.6) is 0 Å². The second-order valence-corrected chi connectivity index (χ2v) is 6.00. The fourth-order valence-corrected chi connectivity index (χ4v) is 3.36. The van der Waals surface area contributed by atoms with E-state index in [2.05, 4.69) is 9.97 Å². The zero-order chi connectivity index (χ0) is 14.8. The molecule has 1 unspecified atom stereocenters. The maximum Gasteiger partial charge on any atom is 0.248 e. The van der Waals surface area contributed by atoms with E-state index in [9.17, 15) is 4.79 Å². The van der Waals surface area contributed by atoms with Gasteiger partial charge in [-0.1, -0.05) is 11.6 Å². The minimum absolute atomic E-state index is 0.397. The third-order valence-electron chi connectivity index (χ3n) is 4.21. The average molecular weight is 304 g/mol. The Kier molecular flexibility index (Phi) is 3.97.